The van der Waals surface area contributed by atoms with E-state index in [9.17, 15) is 14.4 Å². The molecule has 2 aromatic carbocycles. The number of hydrogen-bond donors (Lipinski definition) is 1. The van der Waals surface area contributed by atoms with E-state index in [4.69, 9.17) is 4.74 Å². The molecule has 0 aromatic heterocycles. The Hall–Kier alpha value is -2.67. The highest BCUT2D eigenvalue weighted by molar-refractivity contribution is 9.10. The number of carbonyl (C=O) groups is 3. The summed E-state index contributed by atoms with van der Waals surface area (Å²) in [4.78, 5) is 38.2. The van der Waals surface area contributed by atoms with Gasteiger partial charge >= 0.3 is 5.97 Å². The lowest BCUT2D eigenvalue weighted by atomic mass is 10.1. The SMILES string of the molecule is Cc1cccc(NC(=O)COC(=O)[C@@H]2CC(=O)N(c3ccc(Br)cc3)C2)c1C. The first-order valence-electron chi connectivity index (χ1n) is 8.94. The summed E-state index contributed by atoms with van der Waals surface area (Å²) >= 11 is 3.35. The van der Waals surface area contributed by atoms with Crippen LogP contribution in [0.4, 0.5) is 11.4 Å². The van der Waals surface area contributed by atoms with Crippen molar-refractivity contribution in [3.8, 4) is 0 Å². The average Bonchev–Trinajstić information content (AvgIpc) is 3.06. The number of halogens is 1. The largest absolute Gasteiger partial charge is 0.455 e. The number of carbonyl (C=O) groups excluding carboxylic acids is 3. The molecule has 0 aliphatic carbocycles. The fourth-order valence-corrected chi connectivity index (χ4v) is 3.33. The number of ether oxygens (including phenoxy) is 1. The van der Waals surface area contributed by atoms with Crippen LogP contribution in [-0.4, -0.2) is 30.9 Å². The Morgan fingerprint density at radius 1 is 1.18 bits per heavy atom. The quantitative estimate of drug-likeness (QED) is 0.714. The summed E-state index contributed by atoms with van der Waals surface area (Å²) < 4.78 is 6.06. The van der Waals surface area contributed by atoms with Crippen molar-refractivity contribution in [1.82, 2.24) is 0 Å². The molecule has 1 heterocycles. The molecule has 3 rings (SSSR count). The fourth-order valence-electron chi connectivity index (χ4n) is 3.06. The Morgan fingerprint density at radius 3 is 2.61 bits per heavy atom. The number of nitrogens with one attached hydrogen (secondary N) is 1. The van der Waals surface area contributed by atoms with Crippen LogP contribution in [-0.2, 0) is 19.1 Å². The number of esters is 1. The molecule has 1 aliphatic rings. The van der Waals surface area contributed by atoms with Crippen LogP contribution in [0.5, 0.6) is 0 Å². The molecule has 0 spiro atoms. The van der Waals surface area contributed by atoms with Crippen LogP contribution in [0.1, 0.15) is 17.5 Å². The third-order valence-electron chi connectivity index (χ3n) is 4.82. The van der Waals surface area contributed by atoms with E-state index in [1.807, 2.05) is 50.2 Å². The van der Waals surface area contributed by atoms with Crippen LogP contribution in [0, 0.1) is 19.8 Å². The van der Waals surface area contributed by atoms with Crippen molar-refractivity contribution in [2.45, 2.75) is 20.3 Å². The van der Waals surface area contributed by atoms with Gasteiger partial charge in [0.25, 0.3) is 5.91 Å². The number of nitrogens with zero attached hydrogens (tertiary/aromatic N) is 1. The van der Waals surface area contributed by atoms with Crippen molar-refractivity contribution in [1.29, 1.82) is 0 Å². The van der Waals surface area contributed by atoms with Gasteiger partial charge in [-0.25, -0.2) is 0 Å². The number of aryl methyl sites for hydroxylation is 1. The van der Waals surface area contributed by atoms with Crippen LogP contribution in [0.25, 0.3) is 0 Å². The lowest BCUT2D eigenvalue weighted by molar-refractivity contribution is -0.151. The second-order valence-electron chi connectivity index (χ2n) is 6.79. The molecule has 0 radical (unpaired) electrons. The predicted octanol–water partition coefficient (Wildman–Crippen LogP) is 3.60. The molecule has 1 aliphatic heterocycles. The minimum atomic E-state index is -0.579. The van der Waals surface area contributed by atoms with Gasteiger partial charge in [0.15, 0.2) is 6.61 Å². The summed E-state index contributed by atoms with van der Waals surface area (Å²) in [6, 6.07) is 12.9. The molecule has 2 amide bonds. The van der Waals surface area contributed by atoms with Crippen molar-refractivity contribution in [3.05, 3.63) is 58.1 Å². The van der Waals surface area contributed by atoms with E-state index in [2.05, 4.69) is 21.2 Å². The van der Waals surface area contributed by atoms with Gasteiger partial charge in [-0.05, 0) is 55.3 Å². The second kappa shape index (κ2) is 8.56. The summed E-state index contributed by atoms with van der Waals surface area (Å²) in [6.45, 7) is 3.74. The molecule has 146 valence electrons. The first-order valence-corrected chi connectivity index (χ1v) is 9.73. The molecule has 6 nitrogen and oxygen atoms in total. The van der Waals surface area contributed by atoms with Crippen LogP contribution in [0.3, 0.4) is 0 Å². The summed E-state index contributed by atoms with van der Waals surface area (Å²) in [7, 11) is 0. The molecule has 1 saturated heterocycles. The topological polar surface area (TPSA) is 75.7 Å². The van der Waals surface area contributed by atoms with Crippen molar-refractivity contribution in [3.63, 3.8) is 0 Å². The van der Waals surface area contributed by atoms with Gasteiger partial charge in [0, 0.05) is 28.8 Å². The minimum Gasteiger partial charge on any atom is -0.455 e. The molecule has 0 saturated carbocycles. The van der Waals surface area contributed by atoms with Crippen LogP contribution < -0.4 is 10.2 Å². The van der Waals surface area contributed by atoms with Crippen LogP contribution >= 0.6 is 15.9 Å². The Bertz CT molecular complexity index is 911. The molecule has 1 N–H and O–H groups in total. The average molecular weight is 445 g/mol. The number of rotatable bonds is 5. The standard InChI is InChI=1S/C21H21BrN2O4/c1-13-4-3-5-18(14(13)2)23-19(25)12-28-21(27)15-10-20(26)24(11-15)17-8-6-16(22)7-9-17/h3-9,15H,10-12H2,1-2H3,(H,23,25)/t15-/m1/s1. The zero-order valence-corrected chi connectivity index (χ0v) is 17.3. The Kier molecular flexibility index (Phi) is 6.14. The van der Waals surface area contributed by atoms with E-state index in [1.165, 1.54) is 0 Å². The van der Waals surface area contributed by atoms with E-state index < -0.39 is 17.8 Å². The number of hydrogen-bond acceptors (Lipinski definition) is 4. The maximum atomic E-state index is 12.3. The van der Waals surface area contributed by atoms with Crippen molar-refractivity contribution in [2.75, 3.05) is 23.4 Å². The van der Waals surface area contributed by atoms with Crippen molar-refractivity contribution >= 4 is 45.1 Å². The van der Waals surface area contributed by atoms with E-state index in [0.29, 0.717) is 5.69 Å². The molecule has 7 heteroatoms. The van der Waals surface area contributed by atoms with E-state index in [1.54, 1.807) is 11.0 Å². The van der Waals surface area contributed by atoms with Crippen molar-refractivity contribution < 1.29 is 19.1 Å². The monoisotopic (exact) mass is 444 g/mol. The molecule has 2 aromatic rings. The third-order valence-corrected chi connectivity index (χ3v) is 5.35. The fraction of sp³-hybridized carbons (Fsp3) is 0.286. The highest BCUT2D eigenvalue weighted by Crippen LogP contribution is 2.27. The summed E-state index contributed by atoms with van der Waals surface area (Å²) in [5, 5.41) is 2.75. The maximum Gasteiger partial charge on any atom is 0.311 e. The molecule has 0 unspecified atom stereocenters. The molecular weight excluding hydrogens is 424 g/mol. The first kappa shape index (κ1) is 20.1. The van der Waals surface area contributed by atoms with Gasteiger partial charge in [0.05, 0.1) is 5.92 Å². The van der Waals surface area contributed by atoms with Gasteiger partial charge in [0.1, 0.15) is 0 Å². The lowest BCUT2D eigenvalue weighted by Gasteiger charge is -2.16. The normalized spacial score (nSPS) is 16.2. The zero-order chi connectivity index (χ0) is 20.3. The Labute approximate surface area is 172 Å². The third kappa shape index (κ3) is 4.59. The molecular formula is C21H21BrN2O4. The van der Waals surface area contributed by atoms with Gasteiger partial charge in [-0.1, -0.05) is 28.1 Å². The van der Waals surface area contributed by atoms with E-state index >= 15 is 0 Å². The molecule has 0 bridgehead atoms. The smallest absolute Gasteiger partial charge is 0.311 e. The highest BCUT2D eigenvalue weighted by Gasteiger charge is 2.36. The minimum absolute atomic E-state index is 0.0769. The number of benzene rings is 2. The molecule has 1 fully saturated rings. The Morgan fingerprint density at radius 2 is 1.89 bits per heavy atom. The van der Waals surface area contributed by atoms with Gasteiger partial charge in [-0.2, -0.15) is 0 Å². The Balaban J connectivity index is 1.53. The van der Waals surface area contributed by atoms with Crippen LogP contribution in [0.2, 0.25) is 0 Å². The van der Waals surface area contributed by atoms with Crippen molar-refractivity contribution in [2.24, 2.45) is 5.92 Å². The summed E-state index contributed by atoms with van der Waals surface area (Å²) in [5.41, 5.74) is 3.45. The zero-order valence-electron chi connectivity index (χ0n) is 15.7. The van der Waals surface area contributed by atoms with Crippen LogP contribution in [0.15, 0.2) is 46.9 Å². The van der Waals surface area contributed by atoms with E-state index in [0.717, 1.165) is 21.3 Å². The lowest BCUT2D eigenvalue weighted by Crippen LogP contribution is -2.28. The maximum absolute atomic E-state index is 12.3. The molecule has 28 heavy (non-hydrogen) atoms. The van der Waals surface area contributed by atoms with Gasteiger partial charge in [-0.15, -0.1) is 0 Å². The second-order valence-corrected chi connectivity index (χ2v) is 7.70. The summed E-state index contributed by atoms with van der Waals surface area (Å²) in [6.07, 6.45) is 0.0769. The predicted molar refractivity (Wildman–Crippen MR) is 110 cm³/mol. The molecule has 1 atom stereocenters. The van der Waals surface area contributed by atoms with E-state index in [-0.39, 0.29) is 25.5 Å². The highest BCUT2D eigenvalue weighted by atomic mass is 79.9. The summed E-state index contributed by atoms with van der Waals surface area (Å²) in [5.74, 6) is -1.66. The number of anilines is 2. The number of amides is 2. The van der Waals surface area contributed by atoms with Gasteiger partial charge in [0.2, 0.25) is 5.91 Å². The van der Waals surface area contributed by atoms with Gasteiger partial charge in [-0.3, -0.25) is 14.4 Å². The first-order chi connectivity index (χ1) is 13.3. The van der Waals surface area contributed by atoms with Gasteiger partial charge < -0.3 is 15.0 Å².